The van der Waals surface area contributed by atoms with Gasteiger partial charge in [0.25, 0.3) is 0 Å². The van der Waals surface area contributed by atoms with E-state index in [1.54, 1.807) is 0 Å². The predicted molar refractivity (Wildman–Crippen MR) is 75.4 cm³/mol. The summed E-state index contributed by atoms with van der Waals surface area (Å²) in [6, 6.07) is 8.67. The average molecular weight is 233 g/mol. The molecular weight excluding hydrogens is 210 g/mol. The number of nitrogens with one attached hydrogen (secondary N) is 1. The van der Waals surface area contributed by atoms with E-state index in [2.05, 4.69) is 41.1 Å². The molecule has 0 heterocycles. The number of nitrogens with two attached hydrogens (primary N) is 1. The molecule has 1 rings (SSSR count). The molecule has 0 aliphatic heterocycles. The second-order valence-electron chi connectivity index (χ2n) is 4.61. The van der Waals surface area contributed by atoms with Crippen molar-refractivity contribution in [2.75, 3.05) is 32.1 Å². The van der Waals surface area contributed by atoms with Crippen LogP contribution in [-0.2, 0) is 0 Å². The van der Waals surface area contributed by atoms with Crippen molar-refractivity contribution in [2.24, 2.45) is 5.73 Å². The van der Waals surface area contributed by atoms with E-state index in [1.165, 1.54) is 11.3 Å². The van der Waals surface area contributed by atoms with Gasteiger partial charge in [0.15, 0.2) is 0 Å². The van der Waals surface area contributed by atoms with E-state index >= 15 is 0 Å². The molecule has 3 nitrogen and oxygen atoms in total. The second-order valence-corrected chi connectivity index (χ2v) is 4.61. The van der Waals surface area contributed by atoms with Crippen molar-refractivity contribution in [2.45, 2.75) is 13.0 Å². The van der Waals surface area contributed by atoms with Crippen LogP contribution in [0.4, 0.5) is 5.69 Å². The fourth-order valence-corrected chi connectivity index (χ4v) is 1.64. The quantitative estimate of drug-likeness (QED) is 0.738. The summed E-state index contributed by atoms with van der Waals surface area (Å²) in [5.41, 5.74) is 9.33. The van der Waals surface area contributed by atoms with Crippen LogP contribution in [0.2, 0.25) is 0 Å². The normalized spacial score (nSPS) is 12.2. The van der Waals surface area contributed by atoms with Gasteiger partial charge in [0, 0.05) is 38.9 Å². The first-order valence-corrected chi connectivity index (χ1v) is 5.89. The minimum absolute atomic E-state index is 0.197. The topological polar surface area (TPSA) is 41.3 Å². The first kappa shape index (κ1) is 13.7. The highest BCUT2D eigenvalue weighted by Crippen LogP contribution is 2.17. The van der Waals surface area contributed by atoms with Crippen molar-refractivity contribution in [3.8, 4) is 0 Å². The number of benzene rings is 1. The third-order valence-electron chi connectivity index (χ3n) is 2.70. The molecule has 0 spiro atoms. The van der Waals surface area contributed by atoms with Crippen molar-refractivity contribution in [3.63, 3.8) is 0 Å². The van der Waals surface area contributed by atoms with Gasteiger partial charge in [-0.15, -0.1) is 0 Å². The van der Waals surface area contributed by atoms with E-state index in [4.69, 9.17) is 5.73 Å². The molecule has 0 radical (unpaired) electrons. The molecule has 1 aromatic carbocycles. The van der Waals surface area contributed by atoms with Gasteiger partial charge in [0.2, 0.25) is 0 Å². The highest BCUT2D eigenvalue weighted by atomic mass is 15.1. The van der Waals surface area contributed by atoms with E-state index in [0.717, 1.165) is 12.1 Å². The monoisotopic (exact) mass is 233 g/mol. The van der Waals surface area contributed by atoms with Gasteiger partial charge >= 0.3 is 0 Å². The van der Waals surface area contributed by atoms with Gasteiger partial charge in [-0.2, -0.15) is 0 Å². The lowest BCUT2D eigenvalue weighted by Gasteiger charge is -2.19. The van der Waals surface area contributed by atoms with Crippen LogP contribution in [-0.4, -0.2) is 27.2 Å². The minimum atomic E-state index is 0.197. The van der Waals surface area contributed by atoms with Crippen LogP contribution >= 0.6 is 0 Å². The Kier molecular flexibility index (Phi) is 5.19. The largest absolute Gasteiger partial charge is 0.378 e. The first-order valence-electron chi connectivity index (χ1n) is 5.89. The van der Waals surface area contributed by atoms with E-state index in [0.29, 0.717) is 6.54 Å². The molecule has 1 aromatic rings. The van der Waals surface area contributed by atoms with Crippen LogP contribution in [0.5, 0.6) is 0 Å². The lowest BCUT2D eigenvalue weighted by atomic mass is 10.1. The Labute approximate surface area is 104 Å². The third kappa shape index (κ3) is 4.21. The fourth-order valence-electron chi connectivity index (χ4n) is 1.64. The molecule has 1 atom stereocenters. The van der Waals surface area contributed by atoms with Crippen LogP contribution < -0.4 is 16.0 Å². The van der Waals surface area contributed by atoms with Crippen molar-refractivity contribution in [1.29, 1.82) is 0 Å². The molecule has 0 aliphatic rings. The SMILES string of the molecule is C=C(C)CNC(CN)c1ccc(N(C)C)cc1. The lowest BCUT2D eigenvalue weighted by Crippen LogP contribution is -2.29. The van der Waals surface area contributed by atoms with Crippen molar-refractivity contribution in [3.05, 3.63) is 42.0 Å². The van der Waals surface area contributed by atoms with Crippen molar-refractivity contribution in [1.82, 2.24) is 5.32 Å². The highest BCUT2D eigenvalue weighted by molar-refractivity contribution is 5.46. The Hall–Kier alpha value is -1.32. The summed E-state index contributed by atoms with van der Waals surface area (Å²) in [5.74, 6) is 0. The maximum Gasteiger partial charge on any atom is 0.0447 e. The summed E-state index contributed by atoms with van der Waals surface area (Å²) in [6.07, 6.45) is 0. The van der Waals surface area contributed by atoms with Crippen LogP contribution in [0.15, 0.2) is 36.4 Å². The standard InChI is InChI=1S/C14H23N3/c1-11(2)10-16-14(9-15)12-5-7-13(8-6-12)17(3)4/h5-8,14,16H,1,9-10,15H2,2-4H3. The summed E-state index contributed by atoms with van der Waals surface area (Å²) in [7, 11) is 4.07. The Balaban J connectivity index is 2.71. The van der Waals surface area contributed by atoms with E-state index < -0.39 is 0 Å². The third-order valence-corrected chi connectivity index (χ3v) is 2.70. The molecule has 94 valence electrons. The fraction of sp³-hybridized carbons (Fsp3) is 0.429. The van der Waals surface area contributed by atoms with Gasteiger partial charge in [-0.3, -0.25) is 0 Å². The summed E-state index contributed by atoms with van der Waals surface area (Å²) in [5, 5.41) is 3.40. The van der Waals surface area contributed by atoms with E-state index in [9.17, 15) is 0 Å². The Bertz CT molecular complexity index is 354. The average Bonchev–Trinajstić information content (AvgIpc) is 2.30. The zero-order valence-electron chi connectivity index (χ0n) is 11.0. The number of nitrogens with zero attached hydrogens (tertiary/aromatic N) is 1. The maximum absolute atomic E-state index is 5.79. The molecular formula is C14H23N3. The molecule has 1 unspecified atom stereocenters. The molecule has 17 heavy (non-hydrogen) atoms. The highest BCUT2D eigenvalue weighted by Gasteiger charge is 2.08. The number of rotatable bonds is 6. The molecule has 0 amide bonds. The molecule has 0 saturated heterocycles. The first-order chi connectivity index (χ1) is 8.04. The second kappa shape index (κ2) is 6.42. The van der Waals surface area contributed by atoms with Crippen LogP contribution in [0.3, 0.4) is 0 Å². The Morgan fingerprint density at radius 2 is 1.94 bits per heavy atom. The van der Waals surface area contributed by atoms with Crippen molar-refractivity contribution >= 4 is 5.69 Å². The van der Waals surface area contributed by atoms with E-state index in [-0.39, 0.29) is 6.04 Å². The zero-order chi connectivity index (χ0) is 12.8. The molecule has 3 N–H and O–H groups in total. The molecule has 0 bridgehead atoms. The van der Waals surface area contributed by atoms with Crippen LogP contribution in [0.1, 0.15) is 18.5 Å². The van der Waals surface area contributed by atoms with Gasteiger partial charge in [-0.1, -0.05) is 24.3 Å². The molecule has 3 heteroatoms. The van der Waals surface area contributed by atoms with E-state index in [1.807, 2.05) is 21.0 Å². The minimum Gasteiger partial charge on any atom is -0.378 e. The van der Waals surface area contributed by atoms with Gasteiger partial charge in [0.1, 0.15) is 0 Å². The molecule has 0 saturated carbocycles. The summed E-state index contributed by atoms with van der Waals surface area (Å²) in [4.78, 5) is 2.09. The zero-order valence-corrected chi connectivity index (χ0v) is 11.0. The van der Waals surface area contributed by atoms with Crippen LogP contribution in [0, 0.1) is 0 Å². The summed E-state index contributed by atoms with van der Waals surface area (Å²) in [6.45, 7) is 7.29. The molecule has 0 aromatic heterocycles. The lowest BCUT2D eigenvalue weighted by molar-refractivity contribution is 0.569. The van der Waals surface area contributed by atoms with Crippen LogP contribution in [0.25, 0.3) is 0 Å². The number of hydrogen-bond donors (Lipinski definition) is 2. The maximum atomic E-state index is 5.79. The Morgan fingerprint density at radius 3 is 2.35 bits per heavy atom. The summed E-state index contributed by atoms with van der Waals surface area (Å²) >= 11 is 0. The predicted octanol–water partition coefficient (Wildman–Crippen LogP) is 1.92. The van der Waals surface area contributed by atoms with Gasteiger partial charge in [-0.05, 0) is 24.6 Å². The molecule has 0 aliphatic carbocycles. The summed E-state index contributed by atoms with van der Waals surface area (Å²) < 4.78 is 0. The van der Waals surface area contributed by atoms with Gasteiger partial charge in [-0.25, -0.2) is 0 Å². The number of hydrogen-bond acceptors (Lipinski definition) is 3. The van der Waals surface area contributed by atoms with Gasteiger partial charge < -0.3 is 16.0 Å². The number of anilines is 1. The molecule has 0 fully saturated rings. The smallest absolute Gasteiger partial charge is 0.0447 e. The van der Waals surface area contributed by atoms with Gasteiger partial charge in [0.05, 0.1) is 0 Å². The van der Waals surface area contributed by atoms with Crippen molar-refractivity contribution < 1.29 is 0 Å². The Morgan fingerprint density at radius 1 is 1.35 bits per heavy atom.